The summed E-state index contributed by atoms with van der Waals surface area (Å²) in [5.74, 6) is -1.68. The van der Waals surface area contributed by atoms with E-state index in [9.17, 15) is 8.78 Å². The zero-order valence-electron chi connectivity index (χ0n) is 11.5. The van der Waals surface area contributed by atoms with Crippen LogP contribution in [0.3, 0.4) is 0 Å². The highest BCUT2D eigenvalue weighted by atomic mass is 35.5. The van der Waals surface area contributed by atoms with Gasteiger partial charge in [0.2, 0.25) is 0 Å². The summed E-state index contributed by atoms with van der Waals surface area (Å²) in [5.41, 5.74) is 1.79. The zero-order valence-corrected chi connectivity index (χ0v) is 12.3. The number of nitrogens with zero attached hydrogens (tertiary/aromatic N) is 2. The molecule has 108 valence electrons. The molecule has 0 spiro atoms. The molecule has 1 unspecified atom stereocenters. The number of aryl methyl sites for hydroxylation is 2. The van der Waals surface area contributed by atoms with E-state index in [0.29, 0.717) is 11.4 Å². The normalized spacial score (nSPS) is 12.7. The van der Waals surface area contributed by atoms with Gasteiger partial charge >= 0.3 is 0 Å². The maximum atomic E-state index is 13.9. The molecule has 0 amide bonds. The number of nitrogens with one attached hydrogen (secondary N) is 1. The molecular formula is C14H16ClF2N3. The number of halogens is 3. The lowest BCUT2D eigenvalue weighted by atomic mass is 10.0. The van der Waals surface area contributed by atoms with Crippen molar-refractivity contribution < 1.29 is 8.78 Å². The fraction of sp³-hybridized carbons (Fsp3) is 0.357. The third kappa shape index (κ3) is 2.69. The van der Waals surface area contributed by atoms with Crippen LogP contribution in [-0.2, 0) is 13.5 Å². The van der Waals surface area contributed by atoms with Gasteiger partial charge in [-0.25, -0.2) is 8.78 Å². The van der Waals surface area contributed by atoms with E-state index in [2.05, 4.69) is 10.4 Å². The molecule has 0 saturated heterocycles. The van der Waals surface area contributed by atoms with Crippen molar-refractivity contribution in [1.82, 2.24) is 15.1 Å². The van der Waals surface area contributed by atoms with Crippen LogP contribution in [0.2, 0.25) is 5.02 Å². The first-order valence-corrected chi connectivity index (χ1v) is 6.62. The van der Waals surface area contributed by atoms with Gasteiger partial charge in [-0.2, -0.15) is 5.10 Å². The zero-order chi connectivity index (χ0) is 14.9. The fourth-order valence-electron chi connectivity index (χ4n) is 2.25. The van der Waals surface area contributed by atoms with Crippen molar-refractivity contribution in [1.29, 1.82) is 0 Å². The molecule has 3 nitrogen and oxygen atoms in total. The monoisotopic (exact) mass is 299 g/mol. The standard InChI is InChI=1S/C14H16ClF2N3/c1-8-13(15)12(20(3)19-8)7-11(18-2)9-5-4-6-10(16)14(9)17/h4-6,11,18H,7H2,1-3H3. The van der Waals surface area contributed by atoms with Crippen LogP contribution in [0.5, 0.6) is 0 Å². The second kappa shape index (κ2) is 5.89. The van der Waals surface area contributed by atoms with Crippen LogP contribution in [0.15, 0.2) is 18.2 Å². The second-order valence-corrected chi connectivity index (χ2v) is 5.04. The Kier molecular flexibility index (Phi) is 4.40. The lowest BCUT2D eigenvalue weighted by Gasteiger charge is -2.18. The highest BCUT2D eigenvalue weighted by Gasteiger charge is 2.21. The number of rotatable bonds is 4. The highest BCUT2D eigenvalue weighted by Crippen LogP contribution is 2.27. The SMILES string of the molecule is CNC(Cc1c(Cl)c(C)nn1C)c1cccc(F)c1F. The Bertz CT molecular complexity index is 625. The predicted octanol–water partition coefficient (Wildman–Crippen LogP) is 3.16. The van der Waals surface area contributed by atoms with Crippen molar-refractivity contribution in [2.75, 3.05) is 7.05 Å². The lowest BCUT2D eigenvalue weighted by molar-refractivity contribution is 0.469. The van der Waals surface area contributed by atoms with Crippen LogP contribution in [0.4, 0.5) is 8.78 Å². The van der Waals surface area contributed by atoms with Gasteiger partial charge < -0.3 is 5.32 Å². The molecular weight excluding hydrogens is 284 g/mol. The molecule has 2 rings (SSSR count). The van der Waals surface area contributed by atoms with Crippen molar-refractivity contribution >= 4 is 11.6 Å². The molecule has 0 saturated carbocycles. The Balaban J connectivity index is 2.36. The van der Waals surface area contributed by atoms with E-state index >= 15 is 0 Å². The molecule has 0 fully saturated rings. The molecule has 1 atom stereocenters. The summed E-state index contributed by atoms with van der Waals surface area (Å²) < 4.78 is 28.9. The van der Waals surface area contributed by atoms with E-state index in [4.69, 9.17) is 11.6 Å². The van der Waals surface area contributed by atoms with Gasteiger partial charge in [-0.05, 0) is 20.0 Å². The second-order valence-electron chi connectivity index (χ2n) is 4.66. The van der Waals surface area contributed by atoms with Crippen molar-refractivity contribution in [3.8, 4) is 0 Å². The van der Waals surface area contributed by atoms with Gasteiger partial charge in [0.15, 0.2) is 11.6 Å². The minimum atomic E-state index is -0.852. The molecule has 2 aromatic rings. The van der Waals surface area contributed by atoms with E-state index in [0.717, 1.165) is 17.5 Å². The van der Waals surface area contributed by atoms with Crippen LogP contribution < -0.4 is 5.32 Å². The molecule has 0 radical (unpaired) electrons. The average molecular weight is 300 g/mol. The summed E-state index contributed by atoms with van der Waals surface area (Å²) in [6, 6.07) is 3.79. The van der Waals surface area contributed by atoms with E-state index in [1.54, 1.807) is 24.8 Å². The maximum absolute atomic E-state index is 13.9. The molecule has 1 aromatic heterocycles. The van der Waals surface area contributed by atoms with Gasteiger partial charge in [0.25, 0.3) is 0 Å². The van der Waals surface area contributed by atoms with Crippen LogP contribution in [0, 0.1) is 18.6 Å². The smallest absolute Gasteiger partial charge is 0.163 e. The summed E-state index contributed by atoms with van der Waals surface area (Å²) in [7, 11) is 3.48. The number of hydrogen-bond acceptors (Lipinski definition) is 2. The van der Waals surface area contributed by atoms with Crippen molar-refractivity contribution in [3.05, 3.63) is 51.8 Å². The number of benzene rings is 1. The maximum Gasteiger partial charge on any atom is 0.163 e. The number of aromatic nitrogens is 2. The molecule has 0 aliphatic carbocycles. The van der Waals surface area contributed by atoms with Gasteiger partial charge in [0, 0.05) is 25.1 Å². The molecule has 0 aliphatic rings. The quantitative estimate of drug-likeness (QED) is 0.940. The first-order chi connectivity index (χ1) is 9.45. The van der Waals surface area contributed by atoms with Gasteiger partial charge in [-0.1, -0.05) is 23.7 Å². The van der Waals surface area contributed by atoms with Crippen molar-refractivity contribution in [3.63, 3.8) is 0 Å². The van der Waals surface area contributed by atoms with Gasteiger partial charge in [0.1, 0.15) is 0 Å². The van der Waals surface area contributed by atoms with E-state index in [1.807, 2.05) is 6.92 Å². The summed E-state index contributed by atoms with van der Waals surface area (Å²) >= 11 is 6.19. The molecule has 0 aliphatic heterocycles. The van der Waals surface area contributed by atoms with E-state index in [1.165, 1.54) is 6.07 Å². The van der Waals surface area contributed by atoms with Gasteiger partial charge in [-0.15, -0.1) is 0 Å². The Morgan fingerprint density at radius 3 is 2.65 bits per heavy atom. The summed E-state index contributed by atoms with van der Waals surface area (Å²) in [6.07, 6.45) is 0.424. The van der Waals surface area contributed by atoms with Gasteiger partial charge in [0.05, 0.1) is 16.4 Å². The van der Waals surface area contributed by atoms with Crippen LogP contribution in [0.1, 0.15) is 23.0 Å². The molecule has 1 N–H and O–H groups in total. The number of hydrogen-bond donors (Lipinski definition) is 1. The van der Waals surface area contributed by atoms with Crippen LogP contribution in [0.25, 0.3) is 0 Å². The molecule has 1 heterocycles. The fourth-order valence-corrected chi connectivity index (χ4v) is 2.49. The Morgan fingerprint density at radius 1 is 1.40 bits per heavy atom. The van der Waals surface area contributed by atoms with E-state index in [-0.39, 0.29) is 11.6 Å². The molecule has 1 aromatic carbocycles. The summed E-state index contributed by atoms with van der Waals surface area (Å²) in [6.45, 7) is 1.81. The highest BCUT2D eigenvalue weighted by molar-refractivity contribution is 6.31. The van der Waals surface area contributed by atoms with Crippen LogP contribution in [-0.4, -0.2) is 16.8 Å². The third-order valence-corrected chi connectivity index (χ3v) is 3.86. The molecule has 0 bridgehead atoms. The Labute approximate surface area is 121 Å². The van der Waals surface area contributed by atoms with Gasteiger partial charge in [-0.3, -0.25) is 4.68 Å². The van der Waals surface area contributed by atoms with Crippen LogP contribution >= 0.6 is 11.6 Å². The van der Waals surface area contributed by atoms with E-state index < -0.39 is 11.6 Å². The van der Waals surface area contributed by atoms with Crippen molar-refractivity contribution in [2.45, 2.75) is 19.4 Å². The molecule has 20 heavy (non-hydrogen) atoms. The summed E-state index contributed by atoms with van der Waals surface area (Å²) in [4.78, 5) is 0. The Morgan fingerprint density at radius 2 is 2.10 bits per heavy atom. The number of likely N-dealkylation sites (N-methyl/N-ethyl adjacent to an activating group) is 1. The average Bonchev–Trinajstić information content (AvgIpc) is 2.65. The minimum Gasteiger partial charge on any atom is -0.313 e. The molecule has 6 heteroatoms. The Hall–Kier alpha value is -1.46. The third-order valence-electron chi connectivity index (χ3n) is 3.36. The lowest BCUT2D eigenvalue weighted by Crippen LogP contribution is -2.22. The first kappa shape index (κ1) is 14.9. The summed E-state index contributed by atoms with van der Waals surface area (Å²) in [5, 5.41) is 7.77. The predicted molar refractivity (Wildman–Crippen MR) is 74.8 cm³/mol. The first-order valence-electron chi connectivity index (χ1n) is 6.24. The largest absolute Gasteiger partial charge is 0.313 e. The topological polar surface area (TPSA) is 29.9 Å². The minimum absolute atomic E-state index is 0.280. The van der Waals surface area contributed by atoms with Crippen molar-refractivity contribution in [2.24, 2.45) is 7.05 Å².